The molecule has 1 N–H and O–H groups in total. The number of nitrogens with one attached hydrogen (secondary N) is 1. The molecule has 4 nitrogen and oxygen atoms in total. The normalized spacial score (nSPS) is 24.5. The van der Waals surface area contributed by atoms with Gasteiger partial charge in [-0.1, -0.05) is 13.8 Å². The molecule has 0 amide bonds. The highest BCUT2D eigenvalue weighted by molar-refractivity contribution is 7.09. The summed E-state index contributed by atoms with van der Waals surface area (Å²) >= 11 is 1.79. The lowest BCUT2D eigenvalue weighted by Crippen LogP contribution is -2.45. The number of thiazole rings is 1. The van der Waals surface area contributed by atoms with Crippen molar-refractivity contribution in [2.45, 2.75) is 31.7 Å². The lowest BCUT2D eigenvalue weighted by Gasteiger charge is -2.28. The van der Waals surface area contributed by atoms with Crippen LogP contribution in [0, 0.1) is 0 Å². The van der Waals surface area contributed by atoms with E-state index in [0.717, 1.165) is 32.7 Å². The quantitative estimate of drug-likeness (QED) is 0.811. The van der Waals surface area contributed by atoms with E-state index in [-0.39, 0.29) is 5.54 Å². The first-order chi connectivity index (χ1) is 9.07. The van der Waals surface area contributed by atoms with Crippen molar-refractivity contribution < 1.29 is 4.74 Å². The molecule has 1 aliphatic rings. The average Bonchev–Trinajstić information content (AvgIpc) is 2.97. The Morgan fingerprint density at radius 2 is 2.37 bits per heavy atom. The zero-order valence-corrected chi connectivity index (χ0v) is 13.2. The Balaban J connectivity index is 2.16. The number of rotatable bonds is 6. The second-order valence-corrected chi connectivity index (χ2v) is 6.58. The Kier molecular flexibility index (Phi) is 4.95. The number of nitrogens with zero attached hydrogens (tertiary/aromatic N) is 2. The predicted octanol–water partition coefficient (Wildman–Crippen LogP) is 2.03. The smallest absolute Gasteiger partial charge is 0.114 e. The van der Waals surface area contributed by atoms with Crippen molar-refractivity contribution in [1.29, 1.82) is 0 Å². The molecule has 0 bridgehead atoms. The molecule has 2 rings (SSSR count). The third-order valence-corrected chi connectivity index (χ3v) is 4.82. The van der Waals surface area contributed by atoms with Crippen LogP contribution in [0.3, 0.4) is 0 Å². The molecule has 0 spiro atoms. The zero-order chi connectivity index (χ0) is 13.9. The second kappa shape index (κ2) is 6.31. The summed E-state index contributed by atoms with van der Waals surface area (Å²) in [6, 6.07) is 0. The second-order valence-electron chi connectivity index (χ2n) is 5.72. The van der Waals surface area contributed by atoms with Gasteiger partial charge in [-0.25, -0.2) is 4.98 Å². The molecule has 0 aromatic carbocycles. The zero-order valence-electron chi connectivity index (χ0n) is 12.4. The molecule has 1 aromatic heterocycles. The van der Waals surface area contributed by atoms with Gasteiger partial charge in [0.25, 0.3) is 0 Å². The maximum Gasteiger partial charge on any atom is 0.114 e. The van der Waals surface area contributed by atoms with Crippen LogP contribution in [-0.4, -0.2) is 50.3 Å². The molecule has 1 aliphatic heterocycles. The molecule has 19 heavy (non-hydrogen) atoms. The van der Waals surface area contributed by atoms with Gasteiger partial charge in [0.05, 0.1) is 17.8 Å². The maximum atomic E-state index is 5.16. The van der Waals surface area contributed by atoms with Gasteiger partial charge >= 0.3 is 0 Å². The molecule has 108 valence electrons. The standard InChI is InChI=1S/C14H25N3OS/c1-11(2)12-9-19-13(16-12)14(15-6-8-18-4)5-7-17(3)10-14/h9,11,15H,5-8,10H2,1-4H3. The van der Waals surface area contributed by atoms with E-state index in [9.17, 15) is 0 Å². The summed E-state index contributed by atoms with van der Waals surface area (Å²) < 4.78 is 5.16. The van der Waals surface area contributed by atoms with Crippen LogP contribution in [0.1, 0.15) is 36.9 Å². The molecule has 1 fully saturated rings. The van der Waals surface area contributed by atoms with Gasteiger partial charge in [-0.3, -0.25) is 0 Å². The number of methoxy groups -OCH3 is 1. The largest absolute Gasteiger partial charge is 0.383 e. The highest BCUT2D eigenvalue weighted by Gasteiger charge is 2.40. The summed E-state index contributed by atoms with van der Waals surface area (Å²) in [5, 5.41) is 7.12. The Morgan fingerprint density at radius 3 is 2.89 bits per heavy atom. The average molecular weight is 283 g/mol. The Hall–Kier alpha value is -0.490. The summed E-state index contributed by atoms with van der Waals surface area (Å²) in [5.41, 5.74) is 1.23. The van der Waals surface area contributed by atoms with E-state index in [1.54, 1.807) is 18.4 Å². The van der Waals surface area contributed by atoms with E-state index < -0.39 is 0 Å². The van der Waals surface area contributed by atoms with Gasteiger partial charge in [0, 0.05) is 32.1 Å². The molecule has 0 aliphatic carbocycles. The van der Waals surface area contributed by atoms with E-state index in [1.807, 2.05) is 0 Å². The van der Waals surface area contributed by atoms with Gasteiger partial charge in [0.1, 0.15) is 5.01 Å². The lowest BCUT2D eigenvalue weighted by molar-refractivity contribution is 0.183. The van der Waals surface area contributed by atoms with Crippen molar-refractivity contribution in [2.75, 3.05) is 40.4 Å². The first-order valence-electron chi connectivity index (χ1n) is 6.96. The molecular weight excluding hydrogens is 258 g/mol. The van der Waals surface area contributed by atoms with Gasteiger partial charge in [-0.2, -0.15) is 0 Å². The van der Waals surface area contributed by atoms with Crippen LogP contribution < -0.4 is 5.32 Å². The molecule has 0 saturated carbocycles. The van der Waals surface area contributed by atoms with Gasteiger partial charge in [0.2, 0.25) is 0 Å². The van der Waals surface area contributed by atoms with Gasteiger partial charge in [-0.15, -0.1) is 11.3 Å². The highest BCUT2D eigenvalue weighted by atomic mass is 32.1. The molecule has 1 atom stereocenters. The SMILES string of the molecule is COCCNC1(c2nc(C(C)C)cs2)CCN(C)C1. The number of likely N-dealkylation sites (N-methyl/N-ethyl adjacent to an activating group) is 1. The topological polar surface area (TPSA) is 37.4 Å². The first kappa shape index (κ1) is 14.9. The monoisotopic (exact) mass is 283 g/mol. The summed E-state index contributed by atoms with van der Waals surface area (Å²) in [5.74, 6) is 0.500. The van der Waals surface area contributed by atoms with Crippen molar-refractivity contribution in [3.63, 3.8) is 0 Å². The molecule has 5 heteroatoms. The molecule has 2 heterocycles. The molecule has 1 aromatic rings. The summed E-state index contributed by atoms with van der Waals surface area (Å²) in [4.78, 5) is 7.24. The van der Waals surface area contributed by atoms with E-state index in [4.69, 9.17) is 9.72 Å². The number of hydrogen-bond donors (Lipinski definition) is 1. The van der Waals surface area contributed by atoms with Crippen molar-refractivity contribution in [2.24, 2.45) is 0 Å². The van der Waals surface area contributed by atoms with E-state index in [2.05, 4.69) is 36.5 Å². The van der Waals surface area contributed by atoms with E-state index >= 15 is 0 Å². The van der Waals surface area contributed by atoms with Crippen LogP contribution in [-0.2, 0) is 10.3 Å². The molecule has 0 radical (unpaired) electrons. The molecule has 1 unspecified atom stereocenters. The number of likely N-dealkylation sites (tertiary alicyclic amines) is 1. The number of ether oxygens (including phenoxy) is 1. The summed E-state index contributed by atoms with van der Waals surface area (Å²) in [6.07, 6.45) is 1.12. The Labute approximate surface area is 120 Å². The molecule has 1 saturated heterocycles. The van der Waals surface area contributed by atoms with Crippen molar-refractivity contribution >= 4 is 11.3 Å². The third kappa shape index (κ3) is 3.34. The molecular formula is C14H25N3OS. The minimum absolute atomic E-state index is 0.0189. The highest BCUT2D eigenvalue weighted by Crippen LogP contribution is 2.34. The first-order valence-corrected chi connectivity index (χ1v) is 7.84. The van der Waals surface area contributed by atoms with Gasteiger partial charge < -0.3 is 15.0 Å². The third-order valence-electron chi connectivity index (χ3n) is 3.75. The van der Waals surface area contributed by atoms with Crippen LogP contribution in [0.2, 0.25) is 0 Å². The summed E-state index contributed by atoms with van der Waals surface area (Å²) in [6.45, 7) is 8.17. The maximum absolute atomic E-state index is 5.16. The van der Waals surface area contributed by atoms with Crippen molar-refractivity contribution in [3.05, 3.63) is 16.1 Å². The lowest BCUT2D eigenvalue weighted by atomic mass is 9.99. The Bertz CT molecular complexity index is 407. The summed E-state index contributed by atoms with van der Waals surface area (Å²) in [7, 11) is 3.92. The fraction of sp³-hybridized carbons (Fsp3) is 0.786. The fourth-order valence-corrected chi connectivity index (χ4v) is 3.74. The number of hydrogen-bond acceptors (Lipinski definition) is 5. The van der Waals surface area contributed by atoms with Crippen LogP contribution in [0.5, 0.6) is 0 Å². The van der Waals surface area contributed by atoms with Crippen LogP contribution in [0.4, 0.5) is 0 Å². The van der Waals surface area contributed by atoms with Crippen LogP contribution in [0.15, 0.2) is 5.38 Å². The minimum Gasteiger partial charge on any atom is -0.383 e. The van der Waals surface area contributed by atoms with E-state index in [0.29, 0.717) is 5.92 Å². The van der Waals surface area contributed by atoms with Crippen molar-refractivity contribution in [1.82, 2.24) is 15.2 Å². The van der Waals surface area contributed by atoms with Gasteiger partial charge in [-0.05, 0) is 19.4 Å². The van der Waals surface area contributed by atoms with Crippen molar-refractivity contribution in [3.8, 4) is 0 Å². The van der Waals surface area contributed by atoms with Crippen LogP contribution in [0.25, 0.3) is 0 Å². The fourth-order valence-electron chi connectivity index (χ4n) is 2.56. The number of aromatic nitrogens is 1. The predicted molar refractivity (Wildman–Crippen MR) is 79.9 cm³/mol. The minimum atomic E-state index is 0.0189. The van der Waals surface area contributed by atoms with Crippen LogP contribution >= 0.6 is 11.3 Å². The van der Waals surface area contributed by atoms with E-state index in [1.165, 1.54) is 10.7 Å². The Morgan fingerprint density at radius 1 is 1.58 bits per heavy atom. The van der Waals surface area contributed by atoms with Gasteiger partial charge in [0.15, 0.2) is 0 Å².